The van der Waals surface area contributed by atoms with Gasteiger partial charge in [-0.1, -0.05) is 23.4 Å². The Kier molecular flexibility index (Phi) is 4.79. The summed E-state index contributed by atoms with van der Waals surface area (Å²) in [6, 6.07) is 3.78. The van der Waals surface area contributed by atoms with Crippen LogP contribution >= 0.6 is 23.4 Å². The summed E-state index contributed by atoms with van der Waals surface area (Å²) >= 11 is 7.76. The zero-order valence-electron chi connectivity index (χ0n) is 14.1. The molecule has 3 heterocycles. The molecule has 0 bridgehead atoms. The first-order chi connectivity index (χ1) is 12.4. The fourth-order valence-corrected chi connectivity index (χ4v) is 6.20. The molecule has 26 heavy (non-hydrogen) atoms. The van der Waals surface area contributed by atoms with Crippen molar-refractivity contribution in [2.24, 2.45) is 13.0 Å². The van der Waals surface area contributed by atoms with Crippen LogP contribution < -0.4 is 9.47 Å². The molecular weight excluding hydrogens is 398 g/mol. The lowest BCUT2D eigenvalue weighted by Crippen LogP contribution is -2.11. The molecule has 0 amide bonds. The molecule has 2 aliphatic rings. The fourth-order valence-electron chi connectivity index (χ4n) is 3.19. The molecule has 4 rings (SSSR count). The maximum absolute atomic E-state index is 11.6. The second kappa shape index (κ2) is 6.94. The summed E-state index contributed by atoms with van der Waals surface area (Å²) in [5.41, 5.74) is 1.01. The van der Waals surface area contributed by atoms with Gasteiger partial charge in [0.15, 0.2) is 26.5 Å². The molecule has 2 aliphatic heterocycles. The van der Waals surface area contributed by atoms with E-state index >= 15 is 0 Å². The number of hydrogen-bond acceptors (Lipinski definition) is 7. The molecule has 10 heteroatoms. The Labute approximate surface area is 161 Å². The second-order valence-electron chi connectivity index (χ2n) is 6.53. The van der Waals surface area contributed by atoms with E-state index in [0.717, 1.165) is 16.5 Å². The lowest BCUT2D eigenvalue weighted by molar-refractivity contribution is 0.174. The first kappa shape index (κ1) is 17.9. The molecule has 7 nitrogen and oxygen atoms in total. The van der Waals surface area contributed by atoms with E-state index in [1.54, 1.807) is 11.8 Å². The summed E-state index contributed by atoms with van der Waals surface area (Å²) in [5.74, 6) is 3.40. The first-order valence-corrected chi connectivity index (χ1v) is 11.4. The van der Waals surface area contributed by atoms with Crippen LogP contribution in [0.2, 0.25) is 5.02 Å². The van der Waals surface area contributed by atoms with Gasteiger partial charge in [0.05, 0.1) is 16.5 Å². The summed E-state index contributed by atoms with van der Waals surface area (Å²) in [5, 5.41) is 9.81. The molecule has 0 N–H and O–H groups in total. The van der Waals surface area contributed by atoms with Crippen molar-refractivity contribution in [2.75, 3.05) is 18.3 Å². The van der Waals surface area contributed by atoms with Crippen molar-refractivity contribution in [3.8, 4) is 11.5 Å². The minimum absolute atomic E-state index is 0.133. The van der Waals surface area contributed by atoms with Crippen LogP contribution in [0, 0.1) is 5.92 Å². The molecule has 0 spiro atoms. The van der Waals surface area contributed by atoms with Crippen LogP contribution in [0.5, 0.6) is 11.5 Å². The van der Waals surface area contributed by atoms with Gasteiger partial charge in [-0.15, -0.1) is 10.2 Å². The molecule has 0 unspecified atom stereocenters. The van der Waals surface area contributed by atoms with Gasteiger partial charge in [0, 0.05) is 19.2 Å². The summed E-state index contributed by atoms with van der Waals surface area (Å²) in [4.78, 5) is 0. The van der Waals surface area contributed by atoms with E-state index in [1.165, 1.54) is 0 Å². The van der Waals surface area contributed by atoms with Crippen LogP contribution in [-0.4, -0.2) is 41.5 Å². The van der Waals surface area contributed by atoms with E-state index in [0.29, 0.717) is 35.1 Å². The molecule has 1 aromatic heterocycles. The quantitative estimate of drug-likeness (QED) is 0.693. The Morgan fingerprint density at radius 1 is 1.35 bits per heavy atom. The standard InChI is InChI=1S/C16H18ClN3O4S2/c1-20-14(6-10-2-3-26(21,22)8-10)18-19-16(20)25-7-11-4-12(17)15-13(5-11)23-9-24-15/h4-5,10H,2-3,6-9H2,1H3/t10-/m1/s1. The summed E-state index contributed by atoms with van der Waals surface area (Å²) in [6.07, 6.45) is 1.34. The van der Waals surface area contributed by atoms with Crippen molar-refractivity contribution in [1.29, 1.82) is 0 Å². The third-order valence-corrected chi connectivity index (χ3v) is 7.79. The van der Waals surface area contributed by atoms with Gasteiger partial charge in [-0.2, -0.15) is 0 Å². The van der Waals surface area contributed by atoms with Gasteiger partial charge in [0.1, 0.15) is 5.82 Å². The lowest BCUT2D eigenvalue weighted by Gasteiger charge is -2.08. The third kappa shape index (κ3) is 3.65. The van der Waals surface area contributed by atoms with Crippen molar-refractivity contribution in [3.05, 3.63) is 28.5 Å². The Balaban J connectivity index is 1.42. The smallest absolute Gasteiger partial charge is 0.231 e. The average Bonchev–Trinajstić information content (AvgIpc) is 3.27. The molecule has 1 saturated heterocycles. The molecule has 1 fully saturated rings. The number of fused-ring (bicyclic) bond motifs is 1. The molecule has 140 valence electrons. The van der Waals surface area contributed by atoms with Crippen molar-refractivity contribution >= 4 is 33.2 Å². The summed E-state index contributed by atoms with van der Waals surface area (Å²) < 4.78 is 35.9. The predicted octanol–water partition coefficient (Wildman–Crippen LogP) is 2.47. The second-order valence-corrected chi connectivity index (χ2v) is 10.1. The monoisotopic (exact) mass is 415 g/mol. The number of benzene rings is 1. The maximum Gasteiger partial charge on any atom is 0.231 e. The van der Waals surface area contributed by atoms with Gasteiger partial charge in [0.25, 0.3) is 0 Å². The zero-order valence-corrected chi connectivity index (χ0v) is 16.5. The van der Waals surface area contributed by atoms with Gasteiger partial charge >= 0.3 is 0 Å². The van der Waals surface area contributed by atoms with Crippen LogP contribution in [0.25, 0.3) is 0 Å². The van der Waals surface area contributed by atoms with E-state index in [2.05, 4.69) is 10.2 Å². The number of thioether (sulfide) groups is 1. The Morgan fingerprint density at radius 3 is 2.96 bits per heavy atom. The number of sulfone groups is 1. The van der Waals surface area contributed by atoms with Crippen LogP contribution in [0.15, 0.2) is 17.3 Å². The first-order valence-electron chi connectivity index (χ1n) is 8.21. The van der Waals surface area contributed by atoms with Crippen molar-refractivity contribution in [3.63, 3.8) is 0 Å². The highest BCUT2D eigenvalue weighted by Gasteiger charge is 2.29. The highest BCUT2D eigenvalue weighted by Crippen LogP contribution is 2.40. The minimum Gasteiger partial charge on any atom is -0.454 e. The number of rotatable bonds is 5. The van der Waals surface area contributed by atoms with E-state index in [1.807, 2.05) is 23.7 Å². The van der Waals surface area contributed by atoms with Crippen LogP contribution in [0.3, 0.4) is 0 Å². The van der Waals surface area contributed by atoms with Gasteiger partial charge in [-0.25, -0.2) is 8.42 Å². The van der Waals surface area contributed by atoms with Gasteiger partial charge < -0.3 is 14.0 Å². The minimum atomic E-state index is -2.87. The van der Waals surface area contributed by atoms with Gasteiger partial charge in [0.2, 0.25) is 6.79 Å². The molecule has 1 aromatic carbocycles. The summed E-state index contributed by atoms with van der Waals surface area (Å²) in [7, 11) is -0.964. The van der Waals surface area contributed by atoms with Gasteiger partial charge in [-0.3, -0.25) is 0 Å². The van der Waals surface area contributed by atoms with E-state index in [4.69, 9.17) is 21.1 Å². The Bertz CT molecular complexity index is 945. The van der Waals surface area contributed by atoms with E-state index < -0.39 is 9.84 Å². The predicted molar refractivity (Wildman–Crippen MR) is 98.6 cm³/mol. The highest BCUT2D eigenvalue weighted by atomic mass is 35.5. The van der Waals surface area contributed by atoms with Crippen molar-refractivity contribution < 1.29 is 17.9 Å². The number of nitrogens with zero attached hydrogens (tertiary/aromatic N) is 3. The van der Waals surface area contributed by atoms with Crippen molar-refractivity contribution in [2.45, 2.75) is 23.8 Å². The SMILES string of the molecule is Cn1c(C[C@H]2CCS(=O)(=O)C2)nnc1SCc1cc(Cl)c2c(c1)OCO2. The largest absolute Gasteiger partial charge is 0.454 e. The normalized spacial score (nSPS) is 20.6. The molecule has 2 aromatic rings. The van der Waals surface area contributed by atoms with Gasteiger partial charge in [-0.05, 0) is 30.0 Å². The third-order valence-electron chi connectivity index (χ3n) is 4.58. The van der Waals surface area contributed by atoms with Crippen LogP contribution in [0.4, 0.5) is 0 Å². The van der Waals surface area contributed by atoms with Crippen LogP contribution in [0.1, 0.15) is 17.8 Å². The number of halogens is 1. The van der Waals surface area contributed by atoms with Crippen LogP contribution in [-0.2, 0) is 29.1 Å². The molecule has 0 aliphatic carbocycles. The molecule has 0 radical (unpaired) electrons. The van der Waals surface area contributed by atoms with E-state index in [9.17, 15) is 8.42 Å². The lowest BCUT2D eigenvalue weighted by atomic mass is 10.1. The average molecular weight is 416 g/mol. The molecule has 0 saturated carbocycles. The topological polar surface area (TPSA) is 83.3 Å². The Morgan fingerprint density at radius 2 is 2.19 bits per heavy atom. The summed E-state index contributed by atoms with van der Waals surface area (Å²) in [6.45, 7) is 0.190. The zero-order chi connectivity index (χ0) is 18.3. The fraction of sp³-hybridized carbons (Fsp3) is 0.500. The molecular formula is C16H18ClN3O4S2. The number of aromatic nitrogens is 3. The Hall–Kier alpha value is -1.45. The molecule has 1 atom stereocenters. The van der Waals surface area contributed by atoms with E-state index in [-0.39, 0.29) is 24.2 Å². The maximum atomic E-state index is 11.6. The number of ether oxygens (including phenoxy) is 2. The highest BCUT2D eigenvalue weighted by molar-refractivity contribution is 7.98. The number of hydrogen-bond donors (Lipinski definition) is 0. The van der Waals surface area contributed by atoms with Crippen molar-refractivity contribution in [1.82, 2.24) is 14.8 Å².